The molecule has 0 fully saturated rings. The van der Waals surface area contributed by atoms with E-state index in [0.29, 0.717) is 15.6 Å². The number of aromatic nitrogens is 4. The van der Waals surface area contributed by atoms with Crippen LogP contribution in [0.2, 0.25) is 0 Å². The van der Waals surface area contributed by atoms with Crippen LogP contribution in [-0.2, 0) is 0 Å². The van der Waals surface area contributed by atoms with Crippen molar-refractivity contribution in [1.29, 1.82) is 0 Å². The molecule has 11 heteroatoms. The molecule has 140 valence electrons. The van der Waals surface area contributed by atoms with Gasteiger partial charge in [0.25, 0.3) is 0 Å². The maximum absolute atomic E-state index is 10.1. The molecule has 0 saturated carbocycles. The van der Waals surface area contributed by atoms with E-state index in [4.69, 9.17) is 15.2 Å². The van der Waals surface area contributed by atoms with Gasteiger partial charge < -0.3 is 25.4 Å². The number of benzene rings is 1. The van der Waals surface area contributed by atoms with E-state index in [1.54, 1.807) is 24.3 Å². The molecule has 1 aromatic carbocycles. The Labute approximate surface area is 170 Å². The predicted molar refractivity (Wildman–Crippen MR) is 103 cm³/mol. The second kappa shape index (κ2) is 8.13. The highest BCUT2D eigenvalue weighted by atomic mass is 79.9. The number of hydrogen-bond donors (Lipinski definition) is 3. The first-order chi connectivity index (χ1) is 12.8. The van der Waals surface area contributed by atoms with Gasteiger partial charge >= 0.3 is 12.0 Å². The number of ether oxygens (including phenoxy) is 2. The third-order valence-corrected chi connectivity index (χ3v) is 4.16. The van der Waals surface area contributed by atoms with Crippen LogP contribution in [0.3, 0.4) is 0 Å². The van der Waals surface area contributed by atoms with Crippen molar-refractivity contribution in [3.8, 4) is 23.0 Å². The predicted octanol–water partition coefficient (Wildman–Crippen LogP) is 2.14. The molecule has 0 amide bonds. The Morgan fingerprint density at radius 2 is 1.63 bits per heavy atom. The Hall–Kier alpha value is -2.34. The number of rotatable bonds is 6. The minimum Gasteiger partial charge on any atom is -0.453 e. The summed E-state index contributed by atoms with van der Waals surface area (Å²) < 4.78 is 11.9. The van der Waals surface area contributed by atoms with Gasteiger partial charge in [-0.05, 0) is 33.6 Å². The highest BCUT2D eigenvalue weighted by Crippen LogP contribution is 2.34. The number of halogens is 2. The van der Waals surface area contributed by atoms with Gasteiger partial charge in [-0.3, -0.25) is 0 Å². The first kappa shape index (κ1) is 19.4. The summed E-state index contributed by atoms with van der Waals surface area (Å²) >= 11 is 6.53. The Balaban J connectivity index is 1.80. The van der Waals surface area contributed by atoms with Gasteiger partial charge in [0.05, 0.1) is 10.0 Å². The van der Waals surface area contributed by atoms with Crippen LogP contribution >= 0.6 is 31.9 Å². The summed E-state index contributed by atoms with van der Waals surface area (Å²) in [5.74, 6) is -2.70. The number of nitrogen functional groups attached to an aromatic ring is 1. The zero-order valence-corrected chi connectivity index (χ0v) is 16.8. The molecule has 0 aliphatic rings. The highest BCUT2D eigenvalue weighted by Gasteiger charge is 2.30. The van der Waals surface area contributed by atoms with Gasteiger partial charge in [0.1, 0.15) is 12.1 Å². The molecule has 0 bridgehead atoms. The zero-order valence-electron chi connectivity index (χ0n) is 13.6. The van der Waals surface area contributed by atoms with Gasteiger partial charge in [0.15, 0.2) is 6.61 Å². The van der Waals surface area contributed by atoms with E-state index in [1.807, 2.05) is 0 Å². The van der Waals surface area contributed by atoms with E-state index >= 15 is 0 Å². The quantitative estimate of drug-likeness (QED) is 0.436. The van der Waals surface area contributed by atoms with E-state index in [9.17, 15) is 10.2 Å². The first-order valence-corrected chi connectivity index (χ1v) is 9.03. The van der Waals surface area contributed by atoms with Crippen LogP contribution in [-0.4, -0.2) is 42.7 Å². The van der Waals surface area contributed by atoms with Crippen LogP contribution in [0, 0.1) is 0 Å². The number of nitrogens with zero attached hydrogens (tertiary/aromatic N) is 4. The van der Waals surface area contributed by atoms with Gasteiger partial charge in [0, 0.05) is 16.9 Å². The zero-order chi connectivity index (χ0) is 19.4. The molecule has 0 unspecified atom stereocenters. The van der Waals surface area contributed by atoms with Crippen molar-refractivity contribution in [3.63, 3.8) is 0 Å². The summed E-state index contributed by atoms with van der Waals surface area (Å²) in [4.78, 5) is 15.6. The van der Waals surface area contributed by atoms with Gasteiger partial charge in [-0.15, -0.1) is 0 Å². The lowest BCUT2D eigenvalue weighted by atomic mass is 10.1. The Kier molecular flexibility index (Phi) is 5.85. The fourth-order valence-electron chi connectivity index (χ4n) is 2.07. The van der Waals surface area contributed by atoms with Crippen molar-refractivity contribution >= 4 is 37.7 Å². The van der Waals surface area contributed by atoms with Crippen molar-refractivity contribution < 1.29 is 19.7 Å². The third-order valence-electron chi connectivity index (χ3n) is 3.22. The molecule has 0 aliphatic heterocycles. The summed E-state index contributed by atoms with van der Waals surface area (Å²) in [7, 11) is 0. The molecule has 0 saturated heterocycles. The van der Waals surface area contributed by atoms with Crippen molar-refractivity contribution in [2.75, 3.05) is 12.3 Å². The molecular formula is C16H13Br2N5O4. The second-order valence-electron chi connectivity index (χ2n) is 5.26. The summed E-state index contributed by atoms with van der Waals surface area (Å²) in [5, 5.41) is 20.2. The summed E-state index contributed by atoms with van der Waals surface area (Å²) in [6.07, 6.45) is 4.06. The molecule has 3 rings (SSSR count). The van der Waals surface area contributed by atoms with Crippen LogP contribution < -0.4 is 15.2 Å². The fraction of sp³-hybridized carbons (Fsp3) is 0.125. The van der Waals surface area contributed by atoms with E-state index < -0.39 is 12.6 Å². The van der Waals surface area contributed by atoms with Crippen molar-refractivity contribution in [1.82, 2.24) is 19.9 Å². The maximum Gasteiger partial charge on any atom is 0.359 e. The van der Waals surface area contributed by atoms with E-state index in [0.717, 1.165) is 10.8 Å². The highest BCUT2D eigenvalue weighted by molar-refractivity contribution is 9.10. The Bertz CT molecular complexity index is 923. The Morgan fingerprint density at radius 1 is 0.963 bits per heavy atom. The standard InChI is InChI=1S/C16H13Br2N5O4/c17-10-3-1-9(2-4-10)12-13(19)22-8-23-14(12)27-16(24,25)7-26-15-20-5-11(18)6-21-15/h1-6,8,24-25H,7H2,(H2,19,22,23). The van der Waals surface area contributed by atoms with Crippen LogP contribution in [0.15, 0.2) is 51.9 Å². The Morgan fingerprint density at radius 3 is 2.30 bits per heavy atom. The second-order valence-corrected chi connectivity index (χ2v) is 7.10. The SMILES string of the molecule is Nc1ncnc(OC(O)(O)COc2ncc(Br)cn2)c1-c1ccc(Br)cc1. The molecule has 3 aromatic rings. The minimum absolute atomic E-state index is 0.0513. The average Bonchev–Trinajstić information content (AvgIpc) is 2.62. The number of aliphatic hydroxyl groups is 2. The minimum atomic E-state index is -2.71. The maximum atomic E-state index is 10.1. The lowest BCUT2D eigenvalue weighted by Crippen LogP contribution is -2.42. The molecule has 9 nitrogen and oxygen atoms in total. The molecule has 0 radical (unpaired) electrons. The summed E-state index contributed by atoms with van der Waals surface area (Å²) in [6, 6.07) is 7.06. The summed E-state index contributed by atoms with van der Waals surface area (Å²) in [6.45, 7) is -0.668. The van der Waals surface area contributed by atoms with E-state index in [1.165, 1.54) is 12.4 Å². The third kappa shape index (κ3) is 5.10. The van der Waals surface area contributed by atoms with Crippen molar-refractivity contribution in [3.05, 3.63) is 51.9 Å². The molecule has 0 aliphatic carbocycles. The van der Waals surface area contributed by atoms with Crippen LogP contribution in [0.1, 0.15) is 0 Å². The lowest BCUT2D eigenvalue weighted by molar-refractivity contribution is -0.305. The van der Waals surface area contributed by atoms with Crippen LogP contribution in [0.25, 0.3) is 11.1 Å². The molecular weight excluding hydrogens is 486 g/mol. The normalized spacial score (nSPS) is 11.3. The number of nitrogens with two attached hydrogens (primary N) is 1. The number of anilines is 1. The van der Waals surface area contributed by atoms with Crippen molar-refractivity contribution in [2.24, 2.45) is 0 Å². The summed E-state index contributed by atoms with van der Waals surface area (Å²) in [5.41, 5.74) is 6.88. The van der Waals surface area contributed by atoms with Gasteiger partial charge in [0.2, 0.25) is 5.88 Å². The number of hydrogen-bond acceptors (Lipinski definition) is 9. The molecule has 2 heterocycles. The molecule has 2 aromatic heterocycles. The van der Waals surface area contributed by atoms with Crippen LogP contribution in [0.5, 0.6) is 11.9 Å². The van der Waals surface area contributed by atoms with E-state index in [2.05, 4.69) is 51.8 Å². The lowest BCUT2D eigenvalue weighted by Gasteiger charge is -2.23. The average molecular weight is 499 g/mol. The monoisotopic (exact) mass is 497 g/mol. The largest absolute Gasteiger partial charge is 0.453 e. The van der Waals surface area contributed by atoms with Gasteiger partial charge in [-0.2, -0.15) is 0 Å². The molecule has 4 N–H and O–H groups in total. The van der Waals surface area contributed by atoms with Crippen LogP contribution in [0.4, 0.5) is 5.82 Å². The van der Waals surface area contributed by atoms with Gasteiger partial charge in [-0.25, -0.2) is 19.9 Å². The molecule has 27 heavy (non-hydrogen) atoms. The topological polar surface area (TPSA) is 136 Å². The fourth-order valence-corrected chi connectivity index (χ4v) is 2.53. The first-order valence-electron chi connectivity index (χ1n) is 7.44. The van der Waals surface area contributed by atoms with Crippen molar-refractivity contribution in [2.45, 2.75) is 5.97 Å². The molecule has 0 atom stereocenters. The molecule has 0 spiro atoms. The van der Waals surface area contributed by atoms with E-state index in [-0.39, 0.29) is 17.7 Å². The smallest absolute Gasteiger partial charge is 0.359 e. The van der Waals surface area contributed by atoms with Gasteiger partial charge in [-0.1, -0.05) is 28.1 Å².